The Morgan fingerprint density at radius 1 is 0.938 bits per heavy atom. The van der Waals surface area contributed by atoms with E-state index in [2.05, 4.69) is 0 Å². The molecule has 90 valence electrons. The molecule has 0 amide bonds. The lowest BCUT2D eigenvalue weighted by molar-refractivity contribution is -0.578. The van der Waals surface area contributed by atoms with Crippen molar-refractivity contribution in [2.45, 2.75) is 50.6 Å². The Bertz CT molecular complexity index is 307. The maximum absolute atomic E-state index is 11.0. The highest BCUT2D eigenvalue weighted by Crippen LogP contribution is 2.42. The Kier molecular flexibility index (Phi) is 3.07. The van der Waals surface area contributed by atoms with Crippen LogP contribution in [0.3, 0.4) is 0 Å². The second-order valence-corrected chi connectivity index (χ2v) is 4.97. The molecule has 0 saturated heterocycles. The fraction of sp³-hybridized carbons (Fsp3) is 1.00. The Hall–Kier alpha value is -1.20. The Labute approximate surface area is 93.3 Å². The predicted molar refractivity (Wildman–Crippen MR) is 56.2 cm³/mol. The summed E-state index contributed by atoms with van der Waals surface area (Å²) in [5.74, 6) is 0.285. The Morgan fingerprint density at radius 2 is 1.62 bits per heavy atom. The van der Waals surface area contributed by atoms with Gasteiger partial charge in [0.2, 0.25) is 12.1 Å². The monoisotopic (exact) mass is 228 g/mol. The molecule has 0 heterocycles. The second kappa shape index (κ2) is 4.35. The number of rotatable bonds is 2. The third-order valence-corrected chi connectivity index (χ3v) is 4.12. The van der Waals surface area contributed by atoms with Crippen molar-refractivity contribution in [1.82, 2.24) is 0 Å². The highest BCUT2D eigenvalue weighted by Gasteiger charge is 2.48. The molecule has 0 aromatic rings. The highest BCUT2D eigenvalue weighted by atomic mass is 16.6. The molecule has 16 heavy (non-hydrogen) atoms. The van der Waals surface area contributed by atoms with Crippen molar-refractivity contribution in [2.24, 2.45) is 11.8 Å². The van der Waals surface area contributed by atoms with E-state index in [0.29, 0.717) is 6.42 Å². The zero-order valence-electron chi connectivity index (χ0n) is 9.08. The summed E-state index contributed by atoms with van der Waals surface area (Å²) >= 11 is 0. The smallest absolute Gasteiger partial charge is 0.222 e. The first-order valence-corrected chi connectivity index (χ1v) is 5.86. The van der Waals surface area contributed by atoms with Gasteiger partial charge in [-0.15, -0.1) is 0 Å². The molecule has 0 bridgehead atoms. The lowest BCUT2D eigenvalue weighted by Gasteiger charge is -2.37. The molecule has 0 spiro atoms. The summed E-state index contributed by atoms with van der Waals surface area (Å²) < 4.78 is 0. The average molecular weight is 228 g/mol. The molecule has 0 aromatic heterocycles. The third kappa shape index (κ3) is 2.01. The van der Waals surface area contributed by atoms with E-state index >= 15 is 0 Å². The molecule has 2 fully saturated rings. The largest absolute Gasteiger partial charge is 0.264 e. The normalized spacial score (nSPS) is 38.8. The first-order valence-electron chi connectivity index (χ1n) is 5.86. The van der Waals surface area contributed by atoms with Crippen molar-refractivity contribution in [1.29, 1.82) is 0 Å². The van der Waals surface area contributed by atoms with E-state index in [1.807, 2.05) is 0 Å². The van der Waals surface area contributed by atoms with Crippen LogP contribution in [-0.4, -0.2) is 21.9 Å². The molecule has 0 aromatic carbocycles. The van der Waals surface area contributed by atoms with Gasteiger partial charge in [0.1, 0.15) is 0 Å². The first-order chi connectivity index (χ1) is 7.59. The number of nitro groups is 2. The average Bonchev–Trinajstić information content (AvgIpc) is 2.27. The number of nitrogens with zero attached hydrogens (tertiary/aromatic N) is 2. The molecule has 0 N–H and O–H groups in total. The maximum Gasteiger partial charge on any atom is 0.222 e. The zero-order valence-corrected chi connectivity index (χ0v) is 9.08. The minimum atomic E-state index is -0.699. The van der Waals surface area contributed by atoms with Gasteiger partial charge in [-0.05, 0) is 18.8 Å². The molecule has 2 saturated carbocycles. The topological polar surface area (TPSA) is 86.3 Å². The molecular weight excluding hydrogens is 212 g/mol. The summed E-state index contributed by atoms with van der Waals surface area (Å²) in [6.45, 7) is 0. The van der Waals surface area contributed by atoms with Crippen LogP contribution in [0.25, 0.3) is 0 Å². The van der Waals surface area contributed by atoms with Crippen LogP contribution in [0.2, 0.25) is 0 Å². The fourth-order valence-corrected chi connectivity index (χ4v) is 3.35. The number of fused-ring (bicyclic) bond motifs is 1. The zero-order chi connectivity index (χ0) is 11.7. The van der Waals surface area contributed by atoms with Gasteiger partial charge in [0, 0.05) is 22.2 Å². The molecule has 2 aliphatic carbocycles. The van der Waals surface area contributed by atoms with Gasteiger partial charge in [-0.2, -0.15) is 0 Å². The van der Waals surface area contributed by atoms with Gasteiger partial charge in [-0.3, -0.25) is 20.2 Å². The predicted octanol–water partition coefficient (Wildman–Crippen LogP) is 1.88. The Morgan fingerprint density at radius 3 is 2.25 bits per heavy atom. The van der Waals surface area contributed by atoms with E-state index in [1.54, 1.807) is 0 Å². The van der Waals surface area contributed by atoms with Crippen LogP contribution in [0.1, 0.15) is 38.5 Å². The van der Waals surface area contributed by atoms with Crippen molar-refractivity contribution in [3.05, 3.63) is 20.2 Å². The molecule has 2 aliphatic rings. The quantitative estimate of drug-likeness (QED) is 0.533. The van der Waals surface area contributed by atoms with Crippen LogP contribution < -0.4 is 0 Å². The summed E-state index contributed by atoms with van der Waals surface area (Å²) in [7, 11) is 0. The van der Waals surface area contributed by atoms with E-state index in [1.165, 1.54) is 0 Å². The molecule has 4 atom stereocenters. The minimum Gasteiger partial charge on any atom is -0.264 e. The van der Waals surface area contributed by atoms with E-state index in [-0.39, 0.29) is 28.1 Å². The van der Waals surface area contributed by atoms with E-state index in [9.17, 15) is 20.2 Å². The molecule has 4 unspecified atom stereocenters. The summed E-state index contributed by atoms with van der Waals surface area (Å²) in [6.07, 6.45) is 4.58. The Balaban J connectivity index is 2.15. The molecule has 2 rings (SSSR count). The molecular formula is C10H16N2O4. The van der Waals surface area contributed by atoms with Crippen LogP contribution >= 0.6 is 0 Å². The molecule has 6 heteroatoms. The van der Waals surface area contributed by atoms with Gasteiger partial charge >= 0.3 is 0 Å². The van der Waals surface area contributed by atoms with Crippen LogP contribution in [0, 0.1) is 32.1 Å². The maximum atomic E-state index is 11.0. The second-order valence-electron chi connectivity index (χ2n) is 4.97. The lowest BCUT2D eigenvalue weighted by Crippen LogP contribution is -2.46. The fourth-order valence-electron chi connectivity index (χ4n) is 3.35. The first kappa shape index (κ1) is 11.3. The van der Waals surface area contributed by atoms with Crippen LogP contribution in [-0.2, 0) is 0 Å². The molecule has 0 radical (unpaired) electrons. The van der Waals surface area contributed by atoms with Crippen molar-refractivity contribution in [3.8, 4) is 0 Å². The van der Waals surface area contributed by atoms with Crippen molar-refractivity contribution in [3.63, 3.8) is 0 Å². The van der Waals surface area contributed by atoms with Gasteiger partial charge in [0.15, 0.2) is 0 Å². The van der Waals surface area contributed by atoms with Gasteiger partial charge in [-0.1, -0.05) is 12.8 Å². The summed E-state index contributed by atoms with van der Waals surface area (Å²) in [5.41, 5.74) is 0. The van der Waals surface area contributed by atoms with E-state index in [0.717, 1.165) is 25.7 Å². The summed E-state index contributed by atoms with van der Waals surface area (Å²) in [5, 5.41) is 21.7. The van der Waals surface area contributed by atoms with Gasteiger partial charge in [-0.25, -0.2) is 0 Å². The van der Waals surface area contributed by atoms with E-state index < -0.39 is 12.1 Å². The van der Waals surface area contributed by atoms with Crippen LogP contribution in [0.5, 0.6) is 0 Å². The lowest BCUT2D eigenvalue weighted by atomic mass is 9.67. The van der Waals surface area contributed by atoms with Crippen LogP contribution in [0.15, 0.2) is 0 Å². The van der Waals surface area contributed by atoms with E-state index in [4.69, 9.17) is 0 Å². The van der Waals surface area contributed by atoms with Crippen LogP contribution in [0.4, 0.5) is 0 Å². The molecule has 0 aliphatic heterocycles. The standard InChI is InChI=1S/C10H16N2O4/c13-11(14)8-5-7-3-1-2-4-9(7)10(6-8)12(15)16/h7-10H,1-6H2. The van der Waals surface area contributed by atoms with Gasteiger partial charge < -0.3 is 0 Å². The number of hydrogen-bond acceptors (Lipinski definition) is 4. The number of hydrogen-bond donors (Lipinski definition) is 0. The minimum absolute atomic E-state index is 0.0833. The molecule has 6 nitrogen and oxygen atoms in total. The summed E-state index contributed by atoms with van der Waals surface area (Å²) in [4.78, 5) is 21.1. The van der Waals surface area contributed by atoms with Gasteiger partial charge in [0.25, 0.3) is 0 Å². The van der Waals surface area contributed by atoms with Crippen molar-refractivity contribution in [2.75, 3.05) is 0 Å². The van der Waals surface area contributed by atoms with Crippen molar-refractivity contribution >= 4 is 0 Å². The highest BCUT2D eigenvalue weighted by molar-refractivity contribution is 4.89. The van der Waals surface area contributed by atoms with Crippen molar-refractivity contribution < 1.29 is 9.85 Å². The SMILES string of the molecule is O=[N+]([O-])C1CC2CCCCC2C([N+](=O)[O-])C1. The summed E-state index contributed by atoms with van der Waals surface area (Å²) in [6, 6.07) is -1.38. The third-order valence-electron chi connectivity index (χ3n) is 4.12. The van der Waals surface area contributed by atoms with Gasteiger partial charge in [0.05, 0.1) is 6.42 Å².